The van der Waals surface area contributed by atoms with Gasteiger partial charge in [-0.25, -0.2) is 8.78 Å². The van der Waals surface area contributed by atoms with Crippen LogP contribution in [-0.4, -0.2) is 24.4 Å². The molecule has 3 nitrogen and oxygen atoms in total. The molecular formula is C31H39F3O3. The van der Waals surface area contributed by atoms with E-state index in [-0.39, 0.29) is 41.5 Å². The van der Waals surface area contributed by atoms with Crippen molar-refractivity contribution in [1.82, 2.24) is 0 Å². The maximum Gasteiger partial charge on any atom is 0.200 e. The van der Waals surface area contributed by atoms with Crippen LogP contribution in [0.25, 0.3) is 0 Å². The summed E-state index contributed by atoms with van der Waals surface area (Å²) >= 11 is 0. The number of aliphatic hydroxyl groups is 1. The van der Waals surface area contributed by atoms with Gasteiger partial charge < -0.3 is 14.6 Å². The van der Waals surface area contributed by atoms with E-state index in [1.54, 1.807) is 18.2 Å². The second-order valence-electron chi connectivity index (χ2n) is 11.4. The molecule has 1 heterocycles. The average molecular weight is 517 g/mol. The maximum atomic E-state index is 15.0. The number of ether oxygens (including phenoxy) is 2. The highest BCUT2D eigenvalue weighted by atomic mass is 19.2. The summed E-state index contributed by atoms with van der Waals surface area (Å²) in [4.78, 5) is 0. The molecule has 0 amide bonds. The highest BCUT2D eigenvalue weighted by Crippen LogP contribution is 2.41. The number of aliphatic hydroxyl groups excluding tert-OH is 1. The summed E-state index contributed by atoms with van der Waals surface area (Å²) in [5, 5.41) is 10.3. The fourth-order valence-electron chi connectivity index (χ4n) is 6.48. The van der Waals surface area contributed by atoms with Gasteiger partial charge in [-0.05, 0) is 105 Å². The summed E-state index contributed by atoms with van der Waals surface area (Å²) in [5.41, 5.74) is 2.10. The van der Waals surface area contributed by atoms with Gasteiger partial charge in [-0.3, -0.25) is 0 Å². The first-order valence-corrected chi connectivity index (χ1v) is 14.1. The van der Waals surface area contributed by atoms with E-state index in [4.69, 9.17) is 9.47 Å². The third kappa shape index (κ3) is 6.17. The van der Waals surface area contributed by atoms with Crippen LogP contribution in [0.1, 0.15) is 106 Å². The Kier molecular flexibility index (Phi) is 8.45. The van der Waals surface area contributed by atoms with Gasteiger partial charge in [0.2, 0.25) is 5.82 Å². The summed E-state index contributed by atoms with van der Waals surface area (Å²) in [6.07, 6.45) is 8.29. The highest BCUT2D eigenvalue weighted by molar-refractivity contribution is 5.34. The number of hydrogen-bond acceptors (Lipinski definition) is 3. The molecule has 6 heteroatoms. The fourth-order valence-corrected chi connectivity index (χ4v) is 6.48. The largest absolute Gasteiger partial charge is 0.490 e. The minimum atomic E-state index is -0.894. The number of epoxide rings is 1. The maximum absolute atomic E-state index is 15.0. The lowest BCUT2D eigenvalue weighted by molar-refractivity contribution is 0.0727. The molecule has 3 aliphatic rings. The van der Waals surface area contributed by atoms with Crippen LogP contribution in [0.3, 0.4) is 0 Å². The second-order valence-corrected chi connectivity index (χ2v) is 11.4. The number of halogens is 3. The zero-order valence-electron chi connectivity index (χ0n) is 21.7. The quantitative estimate of drug-likeness (QED) is 0.344. The molecule has 2 aromatic carbocycles. The molecule has 0 spiro atoms. The van der Waals surface area contributed by atoms with E-state index in [0.717, 1.165) is 69.8 Å². The fraction of sp³-hybridized carbons (Fsp3) is 0.613. The Labute approximate surface area is 218 Å². The molecular weight excluding hydrogens is 477 g/mol. The molecule has 37 heavy (non-hydrogen) atoms. The highest BCUT2D eigenvalue weighted by Gasteiger charge is 2.31. The van der Waals surface area contributed by atoms with Crippen molar-refractivity contribution in [3.8, 4) is 5.75 Å². The molecule has 2 saturated carbocycles. The van der Waals surface area contributed by atoms with Gasteiger partial charge in [-0.2, -0.15) is 4.39 Å². The van der Waals surface area contributed by atoms with Gasteiger partial charge in [-0.1, -0.05) is 31.5 Å². The second kappa shape index (κ2) is 11.8. The summed E-state index contributed by atoms with van der Waals surface area (Å²) in [6.45, 7) is 3.02. The lowest BCUT2D eigenvalue weighted by atomic mass is 9.76. The predicted octanol–water partition coefficient (Wildman–Crippen LogP) is 7.96. The third-order valence-electron chi connectivity index (χ3n) is 8.91. The summed E-state index contributed by atoms with van der Waals surface area (Å²) < 4.78 is 55.3. The Morgan fingerprint density at radius 1 is 0.892 bits per heavy atom. The molecule has 202 valence electrons. The molecule has 0 radical (unpaired) electrons. The number of hydrogen-bond donors (Lipinski definition) is 1. The average Bonchev–Trinajstić information content (AvgIpc) is 3.75. The van der Waals surface area contributed by atoms with Gasteiger partial charge in [0.05, 0.1) is 19.3 Å². The molecule has 3 fully saturated rings. The van der Waals surface area contributed by atoms with Gasteiger partial charge in [0.1, 0.15) is 11.9 Å². The first-order chi connectivity index (χ1) is 17.9. The summed E-state index contributed by atoms with van der Waals surface area (Å²) in [5.74, 6) is -1.06. The third-order valence-corrected chi connectivity index (χ3v) is 8.91. The van der Waals surface area contributed by atoms with Gasteiger partial charge in [0.25, 0.3) is 0 Å². The van der Waals surface area contributed by atoms with Crippen molar-refractivity contribution in [3.63, 3.8) is 0 Å². The van der Waals surface area contributed by atoms with Crippen LogP contribution in [0.5, 0.6) is 5.75 Å². The van der Waals surface area contributed by atoms with Gasteiger partial charge in [0.15, 0.2) is 11.6 Å². The van der Waals surface area contributed by atoms with E-state index in [0.29, 0.717) is 30.3 Å². The zero-order chi connectivity index (χ0) is 25.9. The van der Waals surface area contributed by atoms with Gasteiger partial charge in [0, 0.05) is 5.56 Å². The Morgan fingerprint density at radius 2 is 1.57 bits per heavy atom. The zero-order valence-corrected chi connectivity index (χ0v) is 21.7. The van der Waals surface area contributed by atoms with Crippen molar-refractivity contribution in [1.29, 1.82) is 0 Å². The normalized spacial score (nSPS) is 28.6. The van der Waals surface area contributed by atoms with Crippen LogP contribution >= 0.6 is 0 Å². The van der Waals surface area contributed by atoms with Gasteiger partial charge in [-0.15, -0.1) is 0 Å². The summed E-state index contributed by atoms with van der Waals surface area (Å²) in [6, 6.07) is 8.77. The van der Waals surface area contributed by atoms with E-state index >= 15 is 0 Å². The van der Waals surface area contributed by atoms with Crippen molar-refractivity contribution in [2.45, 2.75) is 95.2 Å². The first kappa shape index (κ1) is 26.6. The van der Waals surface area contributed by atoms with Crippen LogP contribution in [0.15, 0.2) is 30.3 Å². The molecule has 5 rings (SSSR count). The molecule has 2 aromatic rings. The molecule has 2 unspecified atom stereocenters. The monoisotopic (exact) mass is 516 g/mol. The van der Waals surface area contributed by atoms with Crippen molar-refractivity contribution in [2.75, 3.05) is 13.2 Å². The molecule has 0 aromatic heterocycles. The van der Waals surface area contributed by atoms with Crippen LogP contribution in [0.2, 0.25) is 0 Å². The van der Waals surface area contributed by atoms with Crippen LogP contribution in [-0.2, 0) is 4.74 Å². The lowest BCUT2D eigenvalue weighted by Gasteiger charge is -2.32. The van der Waals surface area contributed by atoms with Crippen LogP contribution in [0, 0.1) is 29.3 Å². The standard InChI is InChI=1S/C31H39F3O3/c1-2-3-27(35)22-10-8-21(9-11-22)24-14-15-28(31(34)30(24)33)36-17-19-4-6-20(7-5-19)23-12-13-25(26(32)16-23)29-18-37-29/h12-16,19-22,27,29,35H,2-11,17-18H2,1H3. The van der Waals surface area contributed by atoms with E-state index in [1.165, 1.54) is 0 Å². The van der Waals surface area contributed by atoms with E-state index in [2.05, 4.69) is 6.92 Å². The van der Waals surface area contributed by atoms with Crippen LogP contribution in [0.4, 0.5) is 13.2 Å². The molecule has 1 saturated heterocycles. The van der Waals surface area contributed by atoms with Crippen molar-refractivity contribution < 1.29 is 27.8 Å². The van der Waals surface area contributed by atoms with E-state index in [9.17, 15) is 18.3 Å². The Morgan fingerprint density at radius 3 is 2.22 bits per heavy atom. The summed E-state index contributed by atoms with van der Waals surface area (Å²) in [7, 11) is 0. The predicted molar refractivity (Wildman–Crippen MR) is 137 cm³/mol. The van der Waals surface area contributed by atoms with Crippen molar-refractivity contribution >= 4 is 0 Å². The molecule has 2 atom stereocenters. The SMILES string of the molecule is CCCC(O)C1CCC(c2ccc(OCC3CCC(c4ccc(C5CO5)c(F)c4)CC3)c(F)c2F)CC1. The van der Waals surface area contributed by atoms with Gasteiger partial charge >= 0.3 is 0 Å². The molecule has 1 aliphatic heterocycles. The Balaban J connectivity index is 1.11. The van der Waals surface area contributed by atoms with Crippen LogP contribution < -0.4 is 4.74 Å². The van der Waals surface area contributed by atoms with Crippen molar-refractivity contribution in [3.05, 3.63) is 64.5 Å². The smallest absolute Gasteiger partial charge is 0.200 e. The van der Waals surface area contributed by atoms with E-state index < -0.39 is 11.6 Å². The molecule has 0 bridgehead atoms. The lowest BCUT2D eigenvalue weighted by Crippen LogP contribution is -2.25. The first-order valence-electron chi connectivity index (χ1n) is 14.1. The van der Waals surface area contributed by atoms with Crippen molar-refractivity contribution in [2.24, 2.45) is 11.8 Å². The number of rotatable bonds is 9. The Bertz CT molecular complexity index is 1050. The number of benzene rings is 2. The topological polar surface area (TPSA) is 42.0 Å². The molecule has 1 N–H and O–H groups in total. The van der Waals surface area contributed by atoms with E-state index in [1.807, 2.05) is 12.1 Å². The Hall–Kier alpha value is -2.05. The molecule has 2 aliphatic carbocycles. The minimum absolute atomic E-state index is 0.0143. The minimum Gasteiger partial charge on any atom is -0.490 e.